The van der Waals surface area contributed by atoms with Crippen LogP contribution >= 0.6 is 0 Å². The molecule has 2 atom stereocenters. The normalized spacial score (nSPS) is 18.8. The van der Waals surface area contributed by atoms with E-state index in [0.29, 0.717) is 12.8 Å². The molecule has 0 heterocycles. The third-order valence-electron chi connectivity index (χ3n) is 5.19. The van der Waals surface area contributed by atoms with Crippen LogP contribution in [0.4, 0.5) is 0 Å². The molecule has 3 rings (SSSR count). The molecule has 0 bridgehead atoms. The number of hydrogen-bond donors (Lipinski definition) is 0. The summed E-state index contributed by atoms with van der Waals surface area (Å²) in [7, 11) is 1.61. The van der Waals surface area contributed by atoms with Gasteiger partial charge in [0.25, 0.3) is 0 Å². The van der Waals surface area contributed by atoms with Crippen molar-refractivity contribution in [1.82, 2.24) is 0 Å². The smallest absolute Gasteiger partial charge is 0.331 e. The third-order valence-corrected chi connectivity index (χ3v) is 5.19. The molecular weight excluding hydrogens is 392 g/mol. The summed E-state index contributed by atoms with van der Waals surface area (Å²) in [6, 6.07) is 15.2. The van der Waals surface area contributed by atoms with Gasteiger partial charge in [0.05, 0.1) is 7.11 Å². The van der Waals surface area contributed by atoms with Crippen LogP contribution in [0, 0.1) is 6.92 Å². The number of hydrogen-bond acceptors (Lipinski definition) is 5. The van der Waals surface area contributed by atoms with Gasteiger partial charge in [-0.15, -0.1) is 0 Å². The standard InChI is InChI=1S/C26H28O5/c1-19-7-9-20(10-8-19)13-17-25(27)30-23-5-3-4-6-24(23)31-26(28)18-14-21-11-15-22(29-2)16-12-21/h7-18,23-24H,3-6H2,1-2H3/b17-13+,18-14+/t23-,24-/m1/s1. The first-order chi connectivity index (χ1) is 15.0. The van der Waals surface area contributed by atoms with Crippen molar-refractivity contribution >= 4 is 24.1 Å². The van der Waals surface area contributed by atoms with Gasteiger partial charge in [-0.3, -0.25) is 0 Å². The van der Waals surface area contributed by atoms with E-state index in [1.807, 2.05) is 55.5 Å². The van der Waals surface area contributed by atoms with Crippen molar-refractivity contribution in [3.05, 3.63) is 77.4 Å². The molecule has 1 fully saturated rings. The minimum absolute atomic E-state index is 0.428. The molecule has 162 valence electrons. The first kappa shape index (κ1) is 22.3. The largest absolute Gasteiger partial charge is 0.497 e. The first-order valence-corrected chi connectivity index (χ1v) is 10.5. The van der Waals surface area contributed by atoms with Crippen molar-refractivity contribution in [2.24, 2.45) is 0 Å². The van der Waals surface area contributed by atoms with Crippen molar-refractivity contribution in [1.29, 1.82) is 0 Å². The molecule has 1 aliphatic carbocycles. The fraction of sp³-hybridized carbons (Fsp3) is 0.308. The summed E-state index contributed by atoms with van der Waals surface area (Å²) in [5, 5.41) is 0. The van der Waals surface area contributed by atoms with Crippen molar-refractivity contribution in [2.45, 2.75) is 44.8 Å². The molecular formula is C26H28O5. The fourth-order valence-corrected chi connectivity index (χ4v) is 3.43. The monoisotopic (exact) mass is 420 g/mol. The van der Waals surface area contributed by atoms with Gasteiger partial charge in [-0.05, 0) is 68.0 Å². The maximum atomic E-state index is 12.3. The molecule has 5 nitrogen and oxygen atoms in total. The Morgan fingerprint density at radius 1 is 0.774 bits per heavy atom. The molecule has 0 spiro atoms. The highest BCUT2D eigenvalue weighted by atomic mass is 16.6. The molecule has 0 N–H and O–H groups in total. The van der Waals surface area contributed by atoms with E-state index >= 15 is 0 Å². The summed E-state index contributed by atoms with van der Waals surface area (Å²) in [6.45, 7) is 2.01. The van der Waals surface area contributed by atoms with Gasteiger partial charge in [-0.2, -0.15) is 0 Å². The second-order valence-electron chi connectivity index (χ2n) is 7.59. The Kier molecular flexibility index (Phi) is 8.05. The maximum absolute atomic E-state index is 12.3. The molecule has 0 saturated heterocycles. The van der Waals surface area contributed by atoms with Crippen molar-refractivity contribution in [2.75, 3.05) is 7.11 Å². The zero-order valence-electron chi connectivity index (χ0n) is 18.0. The topological polar surface area (TPSA) is 61.8 Å². The van der Waals surface area contributed by atoms with E-state index in [1.54, 1.807) is 19.3 Å². The molecule has 0 unspecified atom stereocenters. The van der Waals surface area contributed by atoms with Gasteiger partial charge in [-0.25, -0.2) is 9.59 Å². The van der Waals surface area contributed by atoms with Crippen LogP contribution in [0.1, 0.15) is 42.4 Å². The first-order valence-electron chi connectivity index (χ1n) is 10.5. The number of esters is 2. The molecule has 0 amide bonds. The van der Waals surface area contributed by atoms with E-state index in [2.05, 4.69) is 0 Å². The predicted molar refractivity (Wildman–Crippen MR) is 120 cm³/mol. The lowest BCUT2D eigenvalue weighted by molar-refractivity contribution is -0.165. The minimum atomic E-state index is -0.445. The Morgan fingerprint density at radius 3 is 1.68 bits per heavy atom. The van der Waals surface area contributed by atoms with Gasteiger partial charge in [0, 0.05) is 12.2 Å². The average Bonchev–Trinajstić information content (AvgIpc) is 2.79. The molecule has 1 saturated carbocycles. The molecule has 0 radical (unpaired) electrons. The highest BCUT2D eigenvalue weighted by molar-refractivity contribution is 5.88. The van der Waals surface area contributed by atoms with Crippen LogP contribution in [0.2, 0.25) is 0 Å². The van der Waals surface area contributed by atoms with Crippen LogP contribution in [0.3, 0.4) is 0 Å². The Hall–Kier alpha value is -3.34. The van der Waals surface area contributed by atoms with Crippen molar-refractivity contribution < 1.29 is 23.8 Å². The minimum Gasteiger partial charge on any atom is -0.497 e. The molecule has 5 heteroatoms. The lowest BCUT2D eigenvalue weighted by Gasteiger charge is -2.30. The van der Waals surface area contributed by atoms with Gasteiger partial charge >= 0.3 is 11.9 Å². The quantitative estimate of drug-likeness (QED) is 0.459. The molecule has 31 heavy (non-hydrogen) atoms. The Balaban J connectivity index is 1.54. The Labute approximate surface area is 183 Å². The molecule has 0 aromatic heterocycles. The highest BCUT2D eigenvalue weighted by Gasteiger charge is 2.30. The summed E-state index contributed by atoms with van der Waals surface area (Å²) >= 11 is 0. The molecule has 2 aromatic carbocycles. The summed E-state index contributed by atoms with van der Waals surface area (Å²) in [6.07, 6.45) is 8.61. The van der Waals surface area contributed by atoms with Crippen LogP contribution in [0.25, 0.3) is 12.2 Å². The van der Waals surface area contributed by atoms with Crippen molar-refractivity contribution in [3.63, 3.8) is 0 Å². The van der Waals surface area contributed by atoms with Gasteiger partial charge in [0.2, 0.25) is 0 Å². The van der Waals surface area contributed by atoms with Crippen LogP contribution in [0.15, 0.2) is 60.7 Å². The predicted octanol–water partition coefficient (Wildman–Crippen LogP) is 5.13. The van der Waals surface area contributed by atoms with E-state index in [-0.39, 0.29) is 0 Å². The maximum Gasteiger partial charge on any atom is 0.331 e. The summed E-state index contributed by atoms with van der Waals surface area (Å²) in [5.74, 6) is -0.121. The van der Waals surface area contributed by atoms with Crippen LogP contribution in [0.5, 0.6) is 5.75 Å². The Bertz CT molecular complexity index is 925. The lowest BCUT2D eigenvalue weighted by Crippen LogP contribution is -2.37. The van der Waals surface area contributed by atoms with E-state index < -0.39 is 24.1 Å². The number of ether oxygens (including phenoxy) is 3. The molecule has 2 aromatic rings. The van der Waals surface area contributed by atoms with E-state index in [1.165, 1.54) is 12.2 Å². The van der Waals surface area contributed by atoms with E-state index in [9.17, 15) is 9.59 Å². The number of rotatable bonds is 7. The van der Waals surface area contributed by atoms with Crippen LogP contribution in [-0.4, -0.2) is 31.3 Å². The summed E-state index contributed by atoms with van der Waals surface area (Å²) in [5.41, 5.74) is 2.95. The summed E-state index contributed by atoms with van der Waals surface area (Å²) < 4.78 is 16.3. The zero-order valence-corrected chi connectivity index (χ0v) is 18.0. The highest BCUT2D eigenvalue weighted by Crippen LogP contribution is 2.24. The third kappa shape index (κ3) is 7.14. The molecule has 0 aliphatic heterocycles. The van der Waals surface area contributed by atoms with Gasteiger partial charge in [-0.1, -0.05) is 42.0 Å². The summed E-state index contributed by atoms with van der Waals surface area (Å²) in [4.78, 5) is 24.6. The number of methoxy groups -OCH3 is 1. The lowest BCUT2D eigenvalue weighted by atomic mass is 9.94. The van der Waals surface area contributed by atoms with Crippen molar-refractivity contribution in [3.8, 4) is 5.75 Å². The number of aryl methyl sites for hydroxylation is 1. The number of benzene rings is 2. The van der Waals surface area contributed by atoms with Crippen LogP contribution < -0.4 is 4.74 Å². The van der Waals surface area contributed by atoms with Gasteiger partial charge in [0.15, 0.2) is 0 Å². The second-order valence-corrected chi connectivity index (χ2v) is 7.59. The number of carbonyl (C=O) groups excluding carboxylic acids is 2. The van der Waals surface area contributed by atoms with Gasteiger partial charge < -0.3 is 14.2 Å². The SMILES string of the molecule is COc1ccc(/C=C/C(=O)O[C@@H]2CCCC[C@H]2OC(=O)/C=C/c2ccc(C)cc2)cc1. The van der Waals surface area contributed by atoms with Gasteiger partial charge in [0.1, 0.15) is 18.0 Å². The Morgan fingerprint density at radius 2 is 1.23 bits per heavy atom. The van der Waals surface area contributed by atoms with E-state index in [4.69, 9.17) is 14.2 Å². The van der Waals surface area contributed by atoms with Crippen LogP contribution in [-0.2, 0) is 19.1 Å². The second kappa shape index (κ2) is 11.2. The zero-order chi connectivity index (χ0) is 22.1. The number of carbonyl (C=O) groups is 2. The van der Waals surface area contributed by atoms with E-state index in [0.717, 1.165) is 35.3 Å². The average molecular weight is 421 g/mol. The fourth-order valence-electron chi connectivity index (χ4n) is 3.43. The molecule has 1 aliphatic rings.